The van der Waals surface area contributed by atoms with E-state index in [2.05, 4.69) is 38.4 Å². The van der Waals surface area contributed by atoms with Crippen molar-refractivity contribution in [3.05, 3.63) is 30.9 Å². The summed E-state index contributed by atoms with van der Waals surface area (Å²) >= 11 is 0. The average molecular weight is 286 g/mol. The van der Waals surface area contributed by atoms with E-state index in [0.717, 1.165) is 37.4 Å². The van der Waals surface area contributed by atoms with Gasteiger partial charge in [0.15, 0.2) is 0 Å². The number of hydrogen-bond acceptors (Lipinski definition) is 5. The van der Waals surface area contributed by atoms with E-state index >= 15 is 0 Å². The number of aromatic nitrogens is 3. The van der Waals surface area contributed by atoms with Crippen LogP contribution in [0.4, 0.5) is 5.82 Å². The van der Waals surface area contributed by atoms with Gasteiger partial charge in [-0.05, 0) is 26.2 Å². The van der Waals surface area contributed by atoms with E-state index in [9.17, 15) is 0 Å². The summed E-state index contributed by atoms with van der Waals surface area (Å²) in [6.07, 6.45) is 5.53. The fourth-order valence-corrected chi connectivity index (χ4v) is 2.84. The maximum absolute atomic E-state index is 5.78. The summed E-state index contributed by atoms with van der Waals surface area (Å²) in [6, 6.07) is 4.36. The minimum absolute atomic E-state index is 0.496. The molecule has 1 unspecified atom stereocenters. The zero-order chi connectivity index (χ0) is 14.8. The van der Waals surface area contributed by atoms with Crippen molar-refractivity contribution in [3.8, 4) is 11.3 Å². The van der Waals surface area contributed by atoms with Crippen molar-refractivity contribution in [2.75, 3.05) is 39.5 Å². The van der Waals surface area contributed by atoms with Gasteiger partial charge in [0.05, 0.1) is 18.2 Å². The number of piperazine rings is 1. The van der Waals surface area contributed by atoms with Gasteiger partial charge in [-0.3, -0.25) is 4.90 Å². The van der Waals surface area contributed by atoms with Gasteiger partial charge in [0.1, 0.15) is 5.82 Å². The number of likely N-dealkylation sites (N-methyl/N-ethyl adjacent to an activating group) is 2. The third-order valence-electron chi connectivity index (χ3n) is 4.18. The Morgan fingerprint density at radius 3 is 3.00 bits per heavy atom. The molecule has 0 radical (unpaired) electrons. The molecule has 6 heteroatoms. The molecule has 1 aliphatic heterocycles. The summed E-state index contributed by atoms with van der Waals surface area (Å²) in [4.78, 5) is 13.2. The highest BCUT2D eigenvalue weighted by Crippen LogP contribution is 2.21. The predicted octanol–water partition coefficient (Wildman–Crippen LogP) is 0.773. The van der Waals surface area contributed by atoms with Crippen LogP contribution in [0.3, 0.4) is 0 Å². The van der Waals surface area contributed by atoms with Crippen molar-refractivity contribution in [3.63, 3.8) is 0 Å². The first-order valence-electron chi connectivity index (χ1n) is 7.24. The first kappa shape index (κ1) is 14.0. The molecule has 2 N–H and O–H groups in total. The molecule has 0 spiro atoms. The molecule has 2 aromatic rings. The molecular formula is C15H22N6. The lowest BCUT2D eigenvalue weighted by molar-refractivity contribution is 0.103. The van der Waals surface area contributed by atoms with Gasteiger partial charge in [-0.1, -0.05) is 0 Å². The van der Waals surface area contributed by atoms with Crippen LogP contribution in [-0.2, 0) is 6.54 Å². The Balaban J connectivity index is 1.82. The SMILES string of the molecule is CN1CCN(C)C(Cn2cncc2-c2ccnc(N)c2)C1. The second kappa shape index (κ2) is 5.83. The van der Waals surface area contributed by atoms with Crippen LogP contribution in [0.2, 0.25) is 0 Å². The molecular weight excluding hydrogens is 264 g/mol. The molecule has 0 amide bonds. The number of nitrogens with two attached hydrogens (primary N) is 1. The Morgan fingerprint density at radius 2 is 2.19 bits per heavy atom. The van der Waals surface area contributed by atoms with Gasteiger partial charge in [0, 0.05) is 44.0 Å². The Hall–Kier alpha value is -1.92. The van der Waals surface area contributed by atoms with Gasteiger partial charge in [-0.2, -0.15) is 0 Å². The number of nitrogen functional groups attached to an aromatic ring is 1. The molecule has 1 aliphatic rings. The van der Waals surface area contributed by atoms with E-state index in [-0.39, 0.29) is 0 Å². The summed E-state index contributed by atoms with van der Waals surface area (Å²) in [5.74, 6) is 0.537. The number of nitrogens with zero attached hydrogens (tertiary/aromatic N) is 5. The average Bonchev–Trinajstić information content (AvgIpc) is 2.91. The van der Waals surface area contributed by atoms with Gasteiger partial charge in [0.25, 0.3) is 0 Å². The second-order valence-corrected chi connectivity index (χ2v) is 5.80. The number of hydrogen-bond donors (Lipinski definition) is 1. The Bertz CT molecular complexity index is 608. The Labute approximate surface area is 125 Å². The van der Waals surface area contributed by atoms with Crippen molar-refractivity contribution in [2.24, 2.45) is 0 Å². The Kier molecular flexibility index (Phi) is 3.90. The van der Waals surface area contributed by atoms with Gasteiger partial charge in [0.2, 0.25) is 0 Å². The zero-order valence-electron chi connectivity index (χ0n) is 12.6. The summed E-state index contributed by atoms with van der Waals surface area (Å²) in [5.41, 5.74) is 7.93. The first-order valence-corrected chi connectivity index (χ1v) is 7.24. The van der Waals surface area contributed by atoms with Crippen molar-refractivity contribution < 1.29 is 0 Å². The van der Waals surface area contributed by atoms with Crippen LogP contribution in [-0.4, -0.2) is 64.1 Å². The standard InChI is InChI=1S/C15H22N6/c1-19-5-6-20(2)13(9-19)10-21-11-17-8-14(21)12-3-4-18-15(16)7-12/h3-4,7-8,11,13H,5-6,9-10H2,1-2H3,(H2,16,18). The van der Waals surface area contributed by atoms with Crippen LogP contribution < -0.4 is 5.73 Å². The molecule has 0 aliphatic carbocycles. The number of pyridine rings is 1. The highest BCUT2D eigenvalue weighted by Gasteiger charge is 2.23. The fraction of sp³-hybridized carbons (Fsp3) is 0.467. The van der Waals surface area contributed by atoms with Crippen LogP contribution in [0.1, 0.15) is 0 Å². The van der Waals surface area contributed by atoms with E-state index < -0.39 is 0 Å². The van der Waals surface area contributed by atoms with E-state index in [1.807, 2.05) is 24.7 Å². The van der Waals surface area contributed by atoms with Gasteiger partial charge >= 0.3 is 0 Å². The third kappa shape index (κ3) is 3.06. The quantitative estimate of drug-likeness (QED) is 0.903. The van der Waals surface area contributed by atoms with Crippen molar-refractivity contribution >= 4 is 5.82 Å². The van der Waals surface area contributed by atoms with Gasteiger partial charge < -0.3 is 15.2 Å². The monoisotopic (exact) mass is 286 g/mol. The molecule has 1 atom stereocenters. The lowest BCUT2D eigenvalue weighted by Crippen LogP contribution is -2.51. The van der Waals surface area contributed by atoms with E-state index in [0.29, 0.717) is 11.9 Å². The molecule has 0 saturated carbocycles. The van der Waals surface area contributed by atoms with Gasteiger partial charge in [-0.15, -0.1) is 0 Å². The minimum atomic E-state index is 0.496. The summed E-state index contributed by atoms with van der Waals surface area (Å²) in [6.45, 7) is 4.24. The summed E-state index contributed by atoms with van der Waals surface area (Å²) in [5, 5.41) is 0. The fourth-order valence-electron chi connectivity index (χ4n) is 2.84. The normalized spacial score (nSPS) is 20.8. The van der Waals surface area contributed by atoms with E-state index in [1.165, 1.54) is 0 Å². The molecule has 112 valence electrons. The van der Waals surface area contributed by atoms with Crippen LogP contribution in [0.15, 0.2) is 30.9 Å². The molecule has 0 aromatic carbocycles. The van der Waals surface area contributed by atoms with Crippen LogP contribution >= 0.6 is 0 Å². The van der Waals surface area contributed by atoms with E-state index in [4.69, 9.17) is 5.73 Å². The number of imidazole rings is 1. The maximum Gasteiger partial charge on any atom is 0.123 e. The van der Waals surface area contributed by atoms with E-state index in [1.54, 1.807) is 6.20 Å². The highest BCUT2D eigenvalue weighted by molar-refractivity contribution is 5.61. The molecule has 21 heavy (non-hydrogen) atoms. The number of rotatable bonds is 3. The molecule has 6 nitrogen and oxygen atoms in total. The molecule has 1 saturated heterocycles. The third-order valence-corrected chi connectivity index (χ3v) is 4.18. The van der Waals surface area contributed by atoms with Crippen LogP contribution in [0, 0.1) is 0 Å². The van der Waals surface area contributed by atoms with Crippen LogP contribution in [0.5, 0.6) is 0 Å². The largest absolute Gasteiger partial charge is 0.384 e. The molecule has 3 heterocycles. The lowest BCUT2D eigenvalue weighted by Gasteiger charge is -2.38. The van der Waals surface area contributed by atoms with Crippen molar-refractivity contribution in [1.82, 2.24) is 24.3 Å². The first-order chi connectivity index (χ1) is 10.1. The summed E-state index contributed by atoms with van der Waals surface area (Å²) in [7, 11) is 4.37. The molecule has 0 bridgehead atoms. The topological polar surface area (TPSA) is 63.2 Å². The predicted molar refractivity (Wildman–Crippen MR) is 83.8 cm³/mol. The smallest absolute Gasteiger partial charge is 0.123 e. The minimum Gasteiger partial charge on any atom is -0.384 e. The Morgan fingerprint density at radius 1 is 1.33 bits per heavy atom. The zero-order valence-corrected chi connectivity index (χ0v) is 12.6. The van der Waals surface area contributed by atoms with Crippen molar-refractivity contribution in [1.29, 1.82) is 0 Å². The second-order valence-electron chi connectivity index (χ2n) is 5.80. The van der Waals surface area contributed by atoms with Crippen LogP contribution in [0.25, 0.3) is 11.3 Å². The lowest BCUT2D eigenvalue weighted by atomic mass is 10.1. The number of anilines is 1. The maximum atomic E-state index is 5.78. The summed E-state index contributed by atoms with van der Waals surface area (Å²) < 4.78 is 2.20. The highest BCUT2D eigenvalue weighted by atomic mass is 15.3. The van der Waals surface area contributed by atoms with Crippen molar-refractivity contribution in [2.45, 2.75) is 12.6 Å². The molecule has 3 rings (SSSR count). The van der Waals surface area contributed by atoms with Gasteiger partial charge in [-0.25, -0.2) is 9.97 Å². The molecule has 2 aromatic heterocycles. The molecule has 1 fully saturated rings.